The lowest BCUT2D eigenvalue weighted by atomic mass is 9.80. The summed E-state index contributed by atoms with van der Waals surface area (Å²) in [4.78, 5) is 17.7. The molecule has 2 heterocycles. The minimum Gasteiger partial charge on any atom is -0.454 e. The van der Waals surface area contributed by atoms with Gasteiger partial charge in [-0.3, -0.25) is 0 Å². The summed E-state index contributed by atoms with van der Waals surface area (Å²) in [6, 6.07) is 9.39. The largest absolute Gasteiger partial charge is 0.454 e. The van der Waals surface area contributed by atoms with E-state index < -0.39 is 11.6 Å². The molecule has 2 aliphatic rings. The van der Waals surface area contributed by atoms with E-state index in [9.17, 15) is 9.90 Å². The Morgan fingerprint density at radius 3 is 2.72 bits per heavy atom. The molecule has 1 aromatic carbocycles. The van der Waals surface area contributed by atoms with Gasteiger partial charge in [0.05, 0.1) is 20.1 Å². The van der Waals surface area contributed by atoms with Crippen LogP contribution < -0.4 is 0 Å². The number of nitrogens with zero attached hydrogens (tertiary/aromatic N) is 3. The summed E-state index contributed by atoms with van der Waals surface area (Å²) in [6.07, 6.45) is 9.46. The van der Waals surface area contributed by atoms with Crippen molar-refractivity contribution in [3.05, 3.63) is 48.3 Å². The highest BCUT2D eigenvalue weighted by atomic mass is 32.2. The Balaban J connectivity index is 1.33. The molecule has 0 amide bonds. The van der Waals surface area contributed by atoms with Crippen molar-refractivity contribution in [2.24, 2.45) is 13.0 Å². The average molecular weight is 459 g/mol. The lowest BCUT2D eigenvalue weighted by Gasteiger charge is -2.33. The van der Waals surface area contributed by atoms with Crippen LogP contribution in [0.25, 0.3) is 0 Å². The number of benzene rings is 1. The van der Waals surface area contributed by atoms with Crippen LogP contribution in [0.5, 0.6) is 0 Å². The van der Waals surface area contributed by atoms with Gasteiger partial charge in [-0.25, -0.2) is 9.78 Å². The molecule has 1 unspecified atom stereocenters. The molecule has 174 valence electrons. The number of rotatable bonds is 9. The fraction of sp³-hybridized carbons (Fsp3) is 0.600. The van der Waals surface area contributed by atoms with E-state index in [-0.39, 0.29) is 12.0 Å². The zero-order valence-electron chi connectivity index (χ0n) is 19.3. The minimum absolute atomic E-state index is 0.0668. The van der Waals surface area contributed by atoms with Crippen LogP contribution in [0.4, 0.5) is 0 Å². The van der Waals surface area contributed by atoms with Crippen LogP contribution in [-0.2, 0) is 22.2 Å². The number of aliphatic hydroxyl groups is 1. The Labute approximate surface area is 195 Å². The molecule has 1 aliphatic heterocycles. The number of quaternary nitrogens is 1. The molecule has 2 aromatic rings. The molecule has 1 saturated heterocycles. The topological polar surface area (TPSA) is 64.4 Å². The van der Waals surface area contributed by atoms with Gasteiger partial charge in [-0.2, -0.15) is 0 Å². The highest BCUT2D eigenvalue weighted by Crippen LogP contribution is 2.42. The summed E-state index contributed by atoms with van der Waals surface area (Å²) < 4.78 is 8.95. The number of aryl methyl sites for hydroxylation is 1. The van der Waals surface area contributed by atoms with Crippen molar-refractivity contribution >= 4 is 17.7 Å². The molecule has 0 spiro atoms. The molecule has 7 heteroatoms. The Morgan fingerprint density at radius 1 is 1.28 bits per heavy atom. The van der Waals surface area contributed by atoms with Gasteiger partial charge in [0.1, 0.15) is 6.54 Å². The maximum absolute atomic E-state index is 13.4. The first-order chi connectivity index (χ1) is 15.4. The van der Waals surface area contributed by atoms with E-state index in [0.29, 0.717) is 5.56 Å². The van der Waals surface area contributed by atoms with Gasteiger partial charge in [0, 0.05) is 44.0 Å². The average Bonchev–Trinajstić information content (AvgIpc) is 3.54. The number of imidazole rings is 1. The summed E-state index contributed by atoms with van der Waals surface area (Å²) in [6.45, 7) is 2.86. The SMILES string of the molecule is Cn1ccnc1SCCC[N+]1(C)CC[C@@H](OC(=O)[C@](O)(c2ccccc2)C2CCCC2)C1. The van der Waals surface area contributed by atoms with Crippen molar-refractivity contribution in [2.75, 3.05) is 32.4 Å². The molecule has 1 N–H and O–H groups in total. The standard InChI is InChI=1S/C25H36N3O3S/c1-27-15-14-26-24(27)32-18-8-16-28(2)17-13-22(19-28)31-23(29)25(30,21-11-6-7-12-21)20-9-4-3-5-10-20/h3-5,9-10,14-15,21-22,30H,6-8,11-13,16-19H2,1-2H3/q+1/t22-,25+,28?/m1/s1. The first-order valence-corrected chi connectivity index (χ1v) is 12.8. The van der Waals surface area contributed by atoms with Crippen LogP contribution in [0.3, 0.4) is 0 Å². The molecule has 1 aliphatic carbocycles. The number of likely N-dealkylation sites (N-methyl/N-ethyl adjacent to an activating group) is 1. The second-order valence-electron chi connectivity index (χ2n) is 9.70. The third-order valence-electron chi connectivity index (χ3n) is 7.23. The van der Waals surface area contributed by atoms with Crippen LogP contribution in [-0.4, -0.2) is 63.6 Å². The van der Waals surface area contributed by atoms with E-state index >= 15 is 0 Å². The second kappa shape index (κ2) is 9.98. The Hall–Kier alpha value is -1.83. The smallest absolute Gasteiger partial charge is 0.343 e. The van der Waals surface area contributed by atoms with Crippen molar-refractivity contribution in [3.8, 4) is 0 Å². The number of aromatic nitrogens is 2. The Morgan fingerprint density at radius 2 is 2.03 bits per heavy atom. The van der Waals surface area contributed by atoms with Gasteiger partial charge >= 0.3 is 5.97 Å². The number of hydrogen-bond acceptors (Lipinski definition) is 5. The van der Waals surface area contributed by atoms with Crippen LogP contribution in [0.15, 0.2) is 47.9 Å². The van der Waals surface area contributed by atoms with Crippen molar-refractivity contribution in [2.45, 2.75) is 55.4 Å². The lowest BCUT2D eigenvalue weighted by molar-refractivity contribution is -0.898. The lowest BCUT2D eigenvalue weighted by Crippen LogP contribution is -2.47. The van der Waals surface area contributed by atoms with E-state index in [1.54, 1.807) is 11.8 Å². The number of esters is 1. The third-order valence-corrected chi connectivity index (χ3v) is 8.37. The zero-order valence-corrected chi connectivity index (χ0v) is 20.1. The highest BCUT2D eigenvalue weighted by Gasteiger charge is 2.49. The van der Waals surface area contributed by atoms with E-state index in [1.165, 1.54) is 0 Å². The number of hydrogen-bond donors (Lipinski definition) is 1. The normalized spacial score (nSPS) is 25.7. The van der Waals surface area contributed by atoms with Crippen LogP contribution >= 0.6 is 11.8 Å². The van der Waals surface area contributed by atoms with E-state index in [0.717, 1.165) is 73.6 Å². The van der Waals surface area contributed by atoms with Gasteiger partial charge in [-0.1, -0.05) is 54.9 Å². The molecule has 2 fully saturated rings. The van der Waals surface area contributed by atoms with Gasteiger partial charge < -0.3 is 18.9 Å². The van der Waals surface area contributed by atoms with Crippen LogP contribution in [0.2, 0.25) is 0 Å². The second-order valence-corrected chi connectivity index (χ2v) is 10.8. The molecular weight excluding hydrogens is 422 g/mol. The predicted molar refractivity (Wildman–Crippen MR) is 126 cm³/mol. The summed E-state index contributed by atoms with van der Waals surface area (Å²) in [7, 11) is 4.27. The number of likely N-dealkylation sites (tertiary alicyclic amines) is 1. The van der Waals surface area contributed by atoms with Crippen LogP contribution in [0.1, 0.15) is 44.1 Å². The maximum atomic E-state index is 13.4. The first-order valence-electron chi connectivity index (χ1n) is 11.8. The molecule has 0 bridgehead atoms. The molecule has 1 aromatic heterocycles. The third kappa shape index (κ3) is 5.05. The zero-order chi connectivity index (χ0) is 22.6. The predicted octanol–water partition coefficient (Wildman–Crippen LogP) is 3.74. The number of carbonyl (C=O) groups is 1. The van der Waals surface area contributed by atoms with E-state index in [1.807, 2.05) is 54.3 Å². The van der Waals surface area contributed by atoms with Crippen molar-refractivity contribution < 1.29 is 19.1 Å². The van der Waals surface area contributed by atoms with Gasteiger partial charge in [0.2, 0.25) is 0 Å². The molecule has 6 nitrogen and oxygen atoms in total. The quantitative estimate of drug-likeness (QED) is 0.268. The Kier molecular flexibility index (Phi) is 7.27. The monoisotopic (exact) mass is 458 g/mol. The molecule has 4 rings (SSSR count). The summed E-state index contributed by atoms with van der Waals surface area (Å²) in [5, 5.41) is 12.7. The molecular formula is C25H36N3O3S+. The fourth-order valence-corrected chi connectivity index (χ4v) is 6.18. The van der Waals surface area contributed by atoms with Gasteiger partial charge in [-0.05, 0) is 18.4 Å². The summed E-state index contributed by atoms with van der Waals surface area (Å²) in [5.74, 6) is 0.501. The van der Waals surface area contributed by atoms with Gasteiger partial charge in [0.25, 0.3) is 0 Å². The van der Waals surface area contributed by atoms with Gasteiger partial charge in [0.15, 0.2) is 16.9 Å². The van der Waals surface area contributed by atoms with Crippen molar-refractivity contribution in [3.63, 3.8) is 0 Å². The minimum atomic E-state index is -1.54. The molecule has 32 heavy (non-hydrogen) atoms. The highest BCUT2D eigenvalue weighted by molar-refractivity contribution is 7.99. The van der Waals surface area contributed by atoms with Crippen molar-refractivity contribution in [1.82, 2.24) is 9.55 Å². The maximum Gasteiger partial charge on any atom is 0.343 e. The summed E-state index contributed by atoms with van der Waals surface area (Å²) >= 11 is 1.79. The number of ether oxygens (including phenoxy) is 1. The van der Waals surface area contributed by atoms with Gasteiger partial charge in [-0.15, -0.1) is 0 Å². The van der Waals surface area contributed by atoms with E-state index in [2.05, 4.69) is 12.0 Å². The van der Waals surface area contributed by atoms with Crippen LogP contribution in [0, 0.1) is 5.92 Å². The first kappa shape index (κ1) is 23.3. The number of carbonyl (C=O) groups excluding carboxylic acids is 1. The molecule has 3 atom stereocenters. The molecule has 1 saturated carbocycles. The molecule has 0 radical (unpaired) electrons. The Bertz CT molecular complexity index is 899. The summed E-state index contributed by atoms with van der Waals surface area (Å²) in [5.41, 5.74) is -0.874. The fourth-order valence-electron chi connectivity index (χ4n) is 5.33. The van der Waals surface area contributed by atoms with E-state index in [4.69, 9.17) is 4.74 Å². The van der Waals surface area contributed by atoms with Crippen molar-refractivity contribution in [1.29, 1.82) is 0 Å². The number of thioether (sulfide) groups is 1.